The maximum atomic E-state index is 14.4. The lowest BCUT2D eigenvalue weighted by molar-refractivity contribution is -0.171. The molecule has 400 valence electrons. The fourth-order valence-electron chi connectivity index (χ4n) is 13.8. The molecule has 0 saturated carbocycles. The van der Waals surface area contributed by atoms with Gasteiger partial charge in [0.05, 0.1) is 14.2 Å². The summed E-state index contributed by atoms with van der Waals surface area (Å²) in [5.74, 6) is -7.80. The van der Waals surface area contributed by atoms with Crippen LogP contribution in [0.1, 0.15) is 139 Å². The van der Waals surface area contributed by atoms with Gasteiger partial charge in [-0.15, -0.1) is 0 Å². The van der Waals surface area contributed by atoms with Crippen molar-refractivity contribution in [3.8, 4) is 0 Å². The minimum atomic E-state index is -1.50. The Kier molecular flexibility index (Phi) is 14.6. The number of carbonyl (C=O) groups excluding carboxylic acids is 6. The number of benzene rings is 8. The molecular weight excluding hydrogens is 1000 g/mol. The van der Waals surface area contributed by atoms with Crippen LogP contribution in [-0.4, -0.2) is 49.7 Å². The highest BCUT2D eigenvalue weighted by molar-refractivity contribution is 6.13. The zero-order chi connectivity index (χ0) is 55.7. The minimum absolute atomic E-state index is 0.179. The van der Waals surface area contributed by atoms with E-state index in [9.17, 15) is 28.8 Å². The Morgan fingerprint density at radius 2 is 0.613 bits per heavy atom. The van der Waals surface area contributed by atoms with Crippen molar-refractivity contribution in [1.82, 2.24) is 0 Å². The second-order valence-corrected chi connectivity index (χ2v) is 21.3. The summed E-state index contributed by atoms with van der Waals surface area (Å²) in [5, 5.41) is 0. The predicted octanol–water partition coefficient (Wildman–Crippen LogP) is 13.3. The Balaban J connectivity index is 0.000000169. The summed E-state index contributed by atoms with van der Waals surface area (Å²) < 4.78 is 23.0. The number of rotatable bonds is 14. The van der Waals surface area contributed by atoms with Crippen LogP contribution in [0.4, 0.5) is 0 Å². The molecular formula is C70H60O10. The molecule has 0 spiro atoms. The highest BCUT2D eigenvalue weighted by Gasteiger charge is 2.67. The van der Waals surface area contributed by atoms with Crippen molar-refractivity contribution >= 4 is 35.4 Å². The van der Waals surface area contributed by atoms with Crippen LogP contribution in [0.25, 0.3) is 0 Å². The number of methoxy groups -OCH3 is 2. The number of esters is 4. The molecule has 0 aromatic heterocycles. The highest BCUT2D eigenvalue weighted by atomic mass is 16.6. The van der Waals surface area contributed by atoms with Gasteiger partial charge in [0.2, 0.25) is 0 Å². The van der Waals surface area contributed by atoms with E-state index in [1.165, 1.54) is 14.2 Å². The van der Waals surface area contributed by atoms with Gasteiger partial charge in [0.1, 0.15) is 34.9 Å². The van der Waals surface area contributed by atoms with E-state index in [2.05, 4.69) is 24.3 Å². The Morgan fingerprint density at radius 3 is 0.887 bits per heavy atom. The van der Waals surface area contributed by atoms with Gasteiger partial charge in [-0.2, -0.15) is 0 Å². The van der Waals surface area contributed by atoms with Crippen LogP contribution >= 0.6 is 0 Å². The van der Waals surface area contributed by atoms with Crippen molar-refractivity contribution in [3.63, 3.8) is 0 Å². The molecule has 0 saturated heterocycles. The van der Waals surface area contributed by atoms with Crippen LogP contribution < -0.4 is 0 Å². The number of ketones is 2. The smallest absolute Gasteiger partial charge is 0.318 e. The molecule has 10 heteroatoms. The molecule has 0 fully saturated rings. The van der Waals surface area contributed by atoms with Crippen molar-refractivity contribution < 1.29 is 47.7 Å². The molecule has 0 amide bonds. The summed E-state index contributed by atoms with van der Waals surface area (Å²) in [5.41, 5.74) is 7.53. The lowest BCUT2D eigenvalue weighted by Gasteiger charge is -2.53. The van der Waals surface area contributed by atoms with Crippen LogP contribution in [-0.2, 0) is 38.1 Å². The van der Waals surface area contributed by atoms with Crippen molar-refractivity contribution in [2.24, 2.45) is 22.7 Å². The summed E-state index contributed by atoms with van der Waals surface area (Å²) in [6.45, 7) is 3.56. The third-order valence-electron chi connectivity index (χ3n) is 17.2. The standard InChI is InChI=1S/2C35H30O5/c2*1-22(23-13-5-3-6-14-23)40-33(37)31(32(36)24-15-7-4-8-16-24)35(34(38)39-2)21-29-25-17-9-11-19-27(25)30(35)28-20-12-10-18-26(28)29/h2*3-20,22,29-31H,21H2,1-2H3/t2*22-,29?,30?,31+,35-/m11/s1. The summed E-state index contributed by atoms with van der Waals surface area (Å²) in [7, 11) is 2.65. The van der Waals surface area contributed by atoms with Gasteiger partial charge in [-0.3, -0.25) is 28.8 Å². The molecule has 6 aliphatic rings. The van der Waals surface area contributed by atoms with Gasteiger partial charge in [0.25, 0.3) is 0 Å². The first-order valence-corrected chi connectivity index (χ1v) is 27.2. The maximum Gasteiger partial charge on any atom is 0.318 e. The van der Waals surface area contributed by atoms with Crippen molar-refractivity contribution in [3.05, 3.63) is 285 Å². The summed E-state index contributed by atoms with van der Waals surface area (Å²) in [6.07, 6.45) is -0.711. The molecule has 0 heterocycles. The van der Waals surface area contributed by atoms with E-state index in [1.807, 2.05) is 146 Å². The van der Waals surface area contributed by atoms with Crippen LogP contribution in [0.15, 0.2) is 218 Å². The monoisotopic (exact) mass is 1060 g/mol. The first kappa shape index (κ1) is 53.0. The highest BCUT2D eigenvalue weighted by Crippen LogP contribution is 2.66. The topological polar surface area (TPSA) is 139 Å². The van der Waals surface area contributed by atoms with Crippen LogP contribution in [0, 0.1) is 22.7 Å². The van der Waals surface area contributed by atoms with Crippen molar-refractivity contribution in [1.29, 1.82) is 0 Å². The lowest BCUT2D eigenvalue weighted by Crippen LogP contribution is -2.56. The Hall–Kier alpha value is -9.02. The normalized spacial score (nSPS) is 21.9. The SMILES string of the molecule is COC(=O)[C@]1([C@H](C(=O)O[C@H](C)c2ccccc2)C(=O)c2ccccc2)CC2c3ccccc3C1c1ccccc12.COC(=O)[C@]1([C@H](C(=O)O[C@H](C)c2ccccc2)C(=O)c2ccccc2)CC2c3ccccc3C1c1ccccc12. The number of hydrogen-bond acceptors (Lipinski definition) is 10. The molecule has 6 atom stereocenters. The van der Waals surface area contributed by atoms with Gasteiger partial charge in [0.15, 0.2) is 11.6 Å². The number of fused-ring (bicyclic) bond motifs is 2. The van der Waals surface area contributed by atoms with Crippen molar-refractivity contribution in [2.75, 3.05) is 14.2 Å². The fourth-order valence-corrected chi connectivity index (χ4v) is 13.8. The number of ether oxygens (including phenoxy) is 4. The molecule has 6 aliphatic carbocycles. The molecule has 4 bridgehead atoms. The van der Waals surface area contributed by atoms with E-state index < -0.39 is 82.2 Å². The largest absolute Gasteiger partial charge is 0.469 e. The molecule has 80 heavy (non-hydrogen) atoms. The van der Waals surface area contributed by atoms with E-state index >= 15 is 0 Å². The molecule has 0 N–H and O–H groups in total. The number of Topliss-reactive ketones (excluding diaryl/α,β-unsaturated/α-hetero) is 2. The van der Waals surface area contributed by atoms with E-state index in [1.54, 1.807) is 62.4 Å². The average molecular weight is 1060 g/mol. The van der Waals surface area contributed by atoms with Gasteiger partial charge >= 0.3 is 23.9 Å². The second-order valence-electron chi connectivity index (χ2n) is 21.3. The first-order chi connectivity index (χ1) is 38.9. The summed E-state index contributed by atoms with van der Waals surface area (Å²) in [4.78, 5) is 85.8. The van der Waals surface area contributed by atoms with Crippen molar-refractivity contribution in [2.45, 2.75) is 62.6 Å². The van der Waals surface area contributed by atoms with Gasteiger partial charge in [-0.25, -0.2) is 0 Å². The number of carbonyl (C=O) groups is 6. The Bertz CT molecular complexity index is 3300. The van der Waals surface area contributed by atoms with Gasteiger partial charge in [-0.1, -0.05) is 218 Å². The van der Waals surface area contributed by atoms with E-state index in [0.717, 1.165) is 55.6 Å². The van der Waals surface area contributed by atoms with Crippen LogP contribution in [0.3, 0.4) is 0 Å². The maximum absolute atomic E-state index is 14.4. The van der Waals surface area contributed by atoms with Crippen LogP contribution in [0.2, 0.25) is 0 Å². The third kappa shape index (κ3) is 8.93. The van der Waals surface area contributed by atoms with Gasteiger partial charge < -0.3 is 18.9 Å². The molecule has 8 aromatic rings. The van der Waals surface area contributed by atoms with E-state index in [0.29, 0.717) is 11.1 Å². The van der Waals surface area contributed by atoms with E-state index in [-0.39, 0.29) is 24.7 Å². The number of hydrogen-bond donors (Lipinski definition) is 0. The molecule has 0 aliphatic heterocycles. The Labute approximate surface area is 465 Å². The summed E-state index contributed by atoms with van der Waals surface area (Å²) >= 11 is 0. The lowest BCUT2D eigenvalue weighted by atomic mass is 9.47. The Morgan fingerprint density at radius 1 is 0.362 bits per heavy atom. The van der Waals surface area contributed by atoms with Gasteiger partial charge in [-0.05, 0) is 82.3 Å². The molecule has 8 aromatic carbocycles. The molecule has 10 nitrogen and oxygen atoms in total. The first-order valence-electron chi connectivity index (χ1n) is 27.2. The quantitative estimate of drug-likeness (QED) is 0.0447. The van der Waals surface area contributed by atoms with Crippen LogP contribution in [0.5, 0.6) is 0 Å². The van der Waals surface area contributed by atoms with E-state index in [4.69, 9.17) is 18.9 Å². The fraction of sp³-hybridized carbons (Fsp3) is 0.229. The third-order valence-corrected chi connectivity index (χ3v) is 17.2. The zero-order valence-electron chi connectivity index (χ0n) is 44.9. The minimum Gasteiger partial charge on any atom is -0.469 e. The summed E-state index contributed by atoms with van der Waals surface area (Å²) in [6, 6.07) is 68.1. The molecule has 0 unspecified atom stereocenters. The predicted molar refractivity (Wildman–Crippen MR) is 302 cm³/mol. The second kappa shape index (κ2) is 22.0. The average Bonchev–Trinajstić information content (AvgIpc) is 2.53. The van der Waals surface area contributed by atoms with Gasteiger partial charge in [0, 0.05) is 34.8 Å². The zero-order valence-corrected chi connectivity index (χ0v) is 44.9. The molecule has 14 rings (SSSR count). The molecule has 0 radical (unpaired) electrons.